The van der Waals surface area contributed by atoms with Crippen LogP contribution in [-0.2, 0) is 10.5 Å². The molecule has 1 saturated heterocycles. The van der Waals surface area contributed by atoms with Crippen LogP contribution < -0.4 is 10.3 Å². The van der Waals surface area contributed by atoms with Gasteiger partial charge in [0.1, 0.15) is 0 Å². The van der Waals surface area contributed by atoms with Gasteiger partial charge in [-0.15, -0.1) is 11.8 Å². The minimum absolute atomic E-state index is 0.00956. The van der Waals surface area contributed by atoms with E-state index in [1.54, 1.807) is 6.07 Å². The lowest BCUT2D eigenvalue weighted by atomic mass is 10.1. The molecule has 0 bridgehead atoms. The average molecular weight is 427 g/mol. The van der Waals surface area contributed by atoms with Gasteiger partial charge in [0, 0.05) is 42.2 Å². The van der Waals surface area contributed by atoms with Crippen molar-refractivity contribution in [3.05, 3.63) is 69.8 Å². The largest absolute Gasteiger partial charge is 0.371 e. The molecule has 3 rings (SSSR count). The summed E-state index contributed by atoms with van der Waals surface area (Å²) in [7, 11) is 0. The van der Waals surface area contributed by atoms with Crippen LogP contribution in [0.1, 0.15) is 37.3 Å². The Hall–Kier alpha value is -2.87. The third kappa shape index (κ3) is 6.06. The summed E-state index contributed by atoms with van der Waals surface area (Å²) >= 11 is 1.53. The first-order valence-corrected chi connectivity index (χ1v) is 11.1. The Balaban J connectivity index is 1.64. The number of nitro groups is 1. The van der Waals surface area contributed by atoms with Gasteiger partial charge in [0.15, 0.2) is 0 Å². The van der Waals surface area contributed by atoms with Crippen LogP contribution in [0.15, 0.2) is 53.6 Å². The van der Waals surface area contributed by atoms with E-state index in [1.807, 2.05) is 37.3 Å². The predicted molar refractivity (Wildman–Crippen MR) is 122 cm³/mol. The maximum absolute atomic E-state index is 12.4. The monoisotopic (exact) mass is 426 g/mol. The topological polar surface area (TPSA) is 87.8 Å². The smallest absolute Gasteiger partial charge is 0.270 e. The second-order valence-electron chi connectivity index (χ2n) is 7.22. The zero-order valence-corrected chi connectivity index (χ0v) is 17.8. The molecule has 0 spiro atoms. The molecule has 0 saturated carbocycles. The lowest BCUT2D eigenvalue weighted by Gasteiger charge is -2.29. The Morgan fingerprint density at radius 3 is 2.67 bits per heavy atom. The maximum atomic E-state index is 12.4. The van der Waals surface area contributed by atoms with Crippen molar-refractivity contribution in [2.24, 2.45) is 5.10 Å². The lowest BCUT2D eigenvalue weighted by Crippen LogP contribution is -2.30. The zero-order chi connectivity index (χ0) is 21.3. The van der Waals surface area contributed by atoms with Crippen molar-refractivity contribution >= 4 is 35.3 Å². The van der Waals surface area contributed by atoms with E-state index >= 15 is 0 Å². The Morgan fingerprint density at radius 2 is 1.97 bits per heavy atom. The molecule has 1 aliphatic rings. The number of nitro benzene ring substituents is 1. The number of nitrogens with one attached hydrogen (secondary N) is 1. The van der Waals surface area contributed by atoms with Gasteiger partial charge < -0.3 is 4.90 Å². The second kappa shape index (κ2) is 10.8. The molecule has 158 valence electrons. The molecule has 1 amide bonds. The van der Waals surface area contributed by atoms with Crippen LogP contribution in [0, 0.1) is 10.1 Å². The standard InChI is InChI=1S/C22H26N4O3S/c1-17(30-16-18-8-4-2-5-9-18)22(27)24-23-15-19-14-20(26(28)29)10-11-21(19)25-12-6-3-7-13-25/h2,4-5,8-11,14-15,17H,3,6-7,12-13,16H2,1H3,(H,24,27)/b23-15-/t17-/m0/s1. The van der Waals surface area contributed by atoms with Crippen LogP contribution in [0.4, 0.5) is 11.4 Å². The molecule has 1 atom stereocenters. The first-order valence-electron chi connectivity index (χ1n) is 10.1. The highest BCUT2D eigenvalue weighted by molar-refractivity contribution is 7.99. The summed E-state index contributed by atoms with van der Waals surface area (Å²) in [5.41, 5.74) is 5.28. The van der Waals surface area contributed by atoms with Crippen molar-refractivity contribution in [2.75, 3.05) is 18.0 Å². The van der Waals surface area contributed by atoms with Crippen LogP contribution in [-0.4, -0.2) is 35.4 Å². The van der Waals surface area contributed by atoms with Gasteiger partial charge in [-0.3, -0.25) is 14.9 Å². The molecule has 2 aromatic carbocycles. The molecule has 7 nitrogen and oxygen atoms in total. The van der Waals surface area contributed by atoms with Crippen LogP contribution >= 0.6 is 11.8 Å². The van der Waals surface area contributed by atoms with Crippen LogP contribution in [0.25, 0.3) is 0 Å². The minimum Gasteiger partial charge on any atom is -0.371 e. The average Bonchev–Trinajstić information content (AvgIpc) is 2.78. The third-order valence-corrected chi connectivity index (χ3v) is 6.22. The number of non-ortho nitro benzene ring substituents is 1. The summed E-state index contributed by atoms with van der Waals surface area (Å²) in [5.74, 6) is 0.542. The van der Waals surface area contributed by atoms with Crippen molar-refractivity contribution in [1.82, 2.24) is 5.43 Å². The van der Waals surface area contributed by atoms with Gasteiger partial charge >= 0.3 is 0 Å². The quantitative estimate of drug-likeness (QED) is 0.385. The highest BCUT2D eigenvalue weighted by atomic mass is 32.2. The molecule has 0 unspecified atom stereocenters. The molecular formula is C22H26N4O3S. The Labute approximate surface area is 180 Å². The van der Waals surface area contributed by atoms with Crippen LogP contribution in [0.2, 0.25) is 0 Å². The number of amides is 1. The molecule has 0 radical (unpaired) electrons. The highest BCUT2D eigenvalue weighted by Gasteiger charge is 2.17. The highest BCUT2D eigenvalue weighted by Crippen LogP contribution is 2.27. The summed E-state index contributed by atoms with van der Waals surface area (Å²) in [6.07, 6.45) is 4.89. The van der Waals surface area contributed by atoms with Gasteiger partial charge in [0.25, 0.3) is 11.6 Å². The van der Waals surface area contributed by atoms with Gasteiger partial charge in [-0.25, -0.2) is 5.43 Å². The first-order chi connectivity index (χ1) is 14.5. The summed E-state index contributed by atoms with van der Waals surface area (Å²) in [6, 6.07) is 14.8. The van der Waals surface area contributed by atoms with E-state index in [9.17, 15) is 14.9 Å². The summed E-state index contributed by atoms with van der Waals surface area (Å²) < 4.78 is 0. The van der Waals surface area contributed by atoms with Crippen molar-refractivity contribution in [2.45, 2.75) is 37.2 Å². The van der Waals surface area contributed by atoms with Gasteiger partial charge in [0.05, 0.1) is 16.4 Å². The van der Waals surface area contributed by atoms with Crippen molar-refractivity contribution in [3.8, 4) is 0 Å². The van der Waals surface area contributed by atoms with Crippen molar-refractivity contribution in [3.63, 3.8) is 0 Å². The Kier molecular flexibility index (Phi) is 7.84. The number of piperidine rings is 1. The van der Waals surface area contributed by atoms with E-state index < -0.39 is 4.92 Å². The van der Waals surface area contributed by atoms with E-state index in [0.29, 0.717) is 5.56 Å². The maximum Gasteiger partial charge on any atom is 0.270 e. The minimum atomic E-state index is -0.418. The van der Waals surface area contributed by atoms with E-state index in [-0.39, 0.29) is 16.8 Å². The van der Waals surface area contributed by atoms with Gasteiger partial charge in [0.2, 0.25) is 0 Å². The summed E-state index contributed by atoms with van der Waals surface area (Å²) in [4.78, 5) is 25.3. The normalized spacial score (nSPS) is 15.2. The number of nitrogens with zero attached hydrogens (tertiary/aromatic N) is 3. The number of rotatable bonds is 8. The third-order valence-electron chi connectivity index (χ3n) is 5.01. The molecule has 30 heavy (non-hydrogen) atoms. The SMILES string of the molecule is C[C@H](SCc1ccccc1)C(=O)N/N=C\c1cc([N+](=O)[O-])ccc1N1CCCCC1. The van der Waals surface area contributed by atoms with Crippen molar-refractivity contribution in [1.29, 1.82) is 0 Å². The predicted octanol–water partition coefficient (Wildman–Crippen LogP) is 4.36. The number of carbonyl (C=O) groups is 1. The van der Waals surface area contributed by atoms with Crippen LogP contribution in [0.5, 0.6) is 0 Å². The molecule has 2 aromatic rings. The molecular weight excluding hydrogens is 400 g/mol. The molecule has 8 heteroatoms. The molecule has 1 N–H and O–H groups in total. The lowest BCUT2D eigenvalue weighted by molar-refractivity contribution is -0.384. The molecule has 1 aliphatic heterocycles. The second-order valence-corrected chi connectivity index (χ2v) is 8.55. The number of hydrogen-bond donors (Lipinski definition) is 1. The van der Waals surface area contributed by atoms with Gasteiger partial charge in [-0.05, 0) is 37.8 Å². The van der Waals surface area contributed by atoms with Gasteiger partial charge in [-0.1, -0.05) is 30.3 Å². The number of thioether (sulfide) groups is 1. The fourth-order valence-electron chi connectivity index (χ4n) is 3.31. The number of hydrogen-bond acceptors (Lipinski definition) is 6. The van der Waals surface area contributed by atoms with E-state index in [4.69, 9.17) is 0 Å². The molecule has 0 aromatic heterocycles. The Bertz CT molecular complexity index is 899. The first kappa shape index (κ1) is 21.8. The number of anilines is 1. The van der Waals surface area contributed by atoms with Gasteiger partial charge in [-0.2, -0.15) is 5.10 Å². The van der Waals surface area contributed by atoms with Crippen molar-refractivity contribution < 1.29 is 9.72 Å². The Morgan fingerprint density at radius 1 is 1.23 bits per heavy atom. The van der Waals surface area contributed by atoms with Crippen LogP contribution in [0.3, 0.4) is 0 Å². The zero-order valence-electron chi connectivity index (χ0n) is 17.0. The fourth-order valence-corrected chi connectivity index (χ4v) is 4.15. The fraction of sp³-hybridized carbons (Fsp3) is 0.364. The molecule has 1 heterocycles. The number of benzene rings is 2. The van der Waals surface area contributed by atoms with E-state index in [2.05, 4.69) is 15.4 Å². The summed E-state index contributed by atoms with van der Waals surface area (Å²) in [5, 5.41) is 15.0. The van der Waals surface area contributed by atoms with E-state index in [0.717, 1.165) is 42.9 Å². The number of carbonyl (C=O) groups excluding carboxylic acids is 1. The summed E-state index contributed by atoms with van der Waals surface area (Å²) in [6.45, 7) is 3.67. The molecule has 0 aliphatic carbocycles. The number of hydrazone groups is 1. The van der Waals surface area contributed by atoms with E-state index in [1.165, 1.54) is 36.5 Å². The molecule has 1 fully saturated rings.